The molecule has 0 saturated carbocycles. The fraction of sp³-hybridized carbons (Fsp3) is 0.222. The Bertz CT molecular complexity index is 828. The van der Waals surface area contributed by atoms with Crippen molar-refractivity contribution in [2.24, 2.45) is 10.9 Å². The molecule has 0 bridgehead atoms. The van der Waals surface area contributed by atoms with Gasteiger partial charge in [0.05, 0.1) is 0 Å². The van der Waals surface area contributed by atoms with Crippen LogP contribution < -0.4 is 5.32 Å². The molecule has 1 atom stereocenters. The summed E-state index contributed by atoms with van der Waals surface area (Å²) in [6, 6.07) is 12.7. The minimum Gasteiger partial charge on any atom is -0.349 e. The number of nitrogens with zero attached hydrogens (tertiary/aromatic N) is 2. The highest BCUT2D eigenvalue weighted by Gasteiger charge is 2.19. The Morgan fingerprint density at radius 3 is 2.86 bits per heavy atom. The minimum absolute atomic E-state index is 0.448. The van der Waals surface area contributed by atoms with Gasteiger partial charge in [0.1, 0.15) is 11.7 Å². The van der Waals surface area contributed by atoms with Crippen LogP contribution in [0.2, 0.25) is 0 Å². The van der Waals surface area contributed by atoms with Crippen LogP contribution in [0.1, 0.15) is 18.3 Å². The first kappa shape index (κ1) is 13.1. The SMILES string of the molecule is CC(CN=C1Nc2cccc3cccc1c23)Cc1ncc[nH]1. The van der Waals surface area contributed by atoms with Crippen molar-refractivity contribution in [2.75, 3.05) is 11.9 Å². The molecule has 0 aliphatic carbocycles. The van der Waals surface area contributed by atoms with Gasteiger partial charge in [-0.05, 0) is 17.4 Å². The highest BCUT2D eigenvalue weighted by atomic mass is 15.0. The number of imidazole rings is 1. The first-order valence-electron chi connectivity index (χ1n) is 7.63. The van der Waals surface area contributed by atoms with Crippen molar-refractivity contribution in [3.05, 3.63) is 60.2 Å². The number of aromatic amines is 1. The average molecular weight is 290 g/mol. The van der Waals surface area contributed by atoms with E-state index in [0.717, 1.165) is 30.3 Å². The third kappa shape index (κ3) is 2.26. The molecule has 3 aromatic rings. The fourth-order valence-corrected chi connectivity index (χ4v) is 3.01. The van der Waals surface area contributed by atoms with Crippen LogP contribution in [0.3, 0.4) is 0 Å². The van der Waals surface area contributed by atoms with E-state index >= 15 is 0 Å². The maximum absolute atomic E-state index is 4.81. The maximum Gasteiger partial charge on any atom is 0.133 e. The number of hydrogen-bond donors (Lipinski definition) is 2. The van der Waals surface area contributed by atoms with E-state index in [1.54, 1.807) is 6.20 Å². The quantitative estimate of drug-likeness (QED) is 0.771. The largest absolute Gasteiger partial charge is 0.349 e. The molecule has 1 aliphatic rings. The van der Waals surface area contributed by atoms with E-state index in [1.807, 2.05) is 6.20 Å². The number of anilines is 1. The molecular formula is C18H18N4. The third-order valence-electron chi connectivity index (χ3n) is 4.07. The molecule has 1 unspecified atom stereocenters. The summed E-state index contributed by atoms with van der Waals surface area (Å²) in [7, 11) is 0. The van der Waals surface area contributed by atoms with Crippen LogP contribution in [0.25, 0.3) is 10.8 Å². The normalized spacial score (nSPS) is 16.1. The van der Waals surface area contributed by atoms with E-state index < -0.39 is 0 Å². The van der Waals surface area contributed by atoms with Crippen LogP contribution >= 0.6 is 0 Å². The zero-order valence-corrected chi connectivity index (χ0v) is 12.5. The lowest BCUT2D eigenvalue weighted by Crippen LogP contribution is -2.12. The molecule has 110 valence electrons. The molecule has 0 radical (unpaired) electrons. The lowest BCUT2D eigenvalue weighted by molar-refractivity contribution is 0.578. The second-order valence-electron chi connectivity index (χ2n) is 5.87. The smallest absolute Gasteiger partial charge is 0.133 e. The van der Waals surface area contributed by atoms with Gasteiger partial charge >= 0.3 is 0 Å². The summed E-state index contributed by atoms with van der Waals surface area (Å²) in [4.78, 5) is 12.2. The molecule has 4 nitrogen and oxygen atoms in total. The van der Waals surface area contributed by atoms with Crippen molar-refractivity contribution in [1.82, 2.24) is 9.97 Å². The molecule has 22 heavy (non-hydrogen) atoms. The Balaban J connectivity index is 1.56. The number of aliphatic imine (C=N–C) groups is 1. The maximum atomic E-state index is 4.81. The summed E-state index contributed by atoms with van der Waals surface area (Å²) in [5.41, 5.74) is 2.36. The molecule has 0 saturated heterocycles. The first-order chi connectivity index (χ1) is 10.8. The monoisotopic (exact) mass is 290 g/mol. The summed E-state index contributed by atoms with van der Waals surface area (Å²) in [6.07, 6.45) is 4.58. The summed E-state index contributed by atoms with van der Waals surface area (Å²) in [6.45, 7) is 2.99. The van der Waals surface area contributed by atoms with Gasteiger partial charge in [-0.25, -0.2) is 4.98 Å². The number of hydrogen-bond acceptors (Lipinski definition) is 2. The number of nitrogens with one attached hydrogen (secondary N) is 2. The van der Waals surface area contributed by atoms with Crippen molar-refractivity contribution in [3.8, 4) is 0 Å². The van der Waals surface area contributed by atoms with Gasteiger partial charge in [-0.15, -0.1) is 0 Å². The highest BCUT2D eigenvalue weighted by Crippen LogP contribution is 2.33. The fourth-order valence-electron chi connectivity index (χ4n) is 3.01. The summed E-state index contributed by atoms with van der Waals surface area (Å²) >= 11 is 0. The van der Waals surface area contributed by atoms with E-state index in [9.17, 15) is 0 Å². The molecule has 4 heteroatoms. The Labute approximate surface area is 129 Å². The predicted molar refractivity (Wildman–Crippen MR) is 90.4 cm³/mol. The Morgan fingerprint density at radius 2 is 2.05 bits per heavy atom. The lowest BCUT2D eigenvalue weighted by atomic mass is 10.1. The van der Waals surface area contributed by atoms with E-state index in [1.165, 1.54) is 16.3 Å². The molecule has 0 amide bonds. The molecule has 0 spiro atoms. The summed E-state index contributed by atoms with van der Waals surface area (Å²) < 4.78 is 0. The molecule has 2 aromatic carbocycles. The molecular weight excluding hydrogens is 272 g/mol. The van der Waals surface area contributed by atoms with Gasteiger partial charge in [0.25, 0.3) is 0 Å². The number of benzene rings is 2. The van der Waals surface area contributed by atoms with E-state index in [4.69, 9.17) is 4.99 Å². The van der Waals surface area contributed by atoms with Crippen molar-refractivity contribution in [2.45, 2.75) is 13.3 Å². The van der Waals surface area contributed by atoms with Gasteiger partial charge in [0, 0.05) is 42.0 Å². The van der Waals surface area contributed by atoms with Gasteiger partial charge in [-0.1, -0.05) is 37.3 Å². The molecule has 4 rings (SSSR count). The number of rotatable bonds is 4. The van der Waals surface area contributed by atoms with E-state index in [2.05, 4.69) is 58.6 Å². The Morgan fingerprint density at radius 1 is 1.18 bits per heavy atom. The van der Waals surface area contributed by atoms with Crippen molar-refractivity contribution >= 4 is 22.3 Å². The predicted octanol–water partition coefficient (Wildman–Crippen LogP) is 3.61. The number of H-pyrrole nitrogens is 1. The number of aromatic nitrogens is 2. The van der Waals surface area contributed by atoms with Crippen molar-refractivity contribution in [1.29, 1.82) is 0 Å². The Kier molecular flexibility index (Phi) is 3.15. The standard InChI is InChI=1S/C18H18N4/c1-12(10-16-19-8-9-20-16)11-21-18-14-6-2-4-13-5-3-7-15(22-18)17(13)14/h2-9,12H,10-11H2,1H3,(H,19,20)(H,21,22). The van der Waals surface area contributed by atoms with Crippen LogP contribution in [-0.2, 0) is 6.42 Å². The minimum atomic E-state index is 0.448. The second kappa shape index (κ2) is 5.30. The van der Waals surface area contributed by atoms with Crippen LogP contribution in [0, 0.1) is 5.92 Å². The van der Waals surface area contributed by atoms with Crippen LogP contribution in [0.15, 0.2) is 53.8 Å². The lowest BCUT2D eigenvalue weighted by Gasteiger charge is -2.07. The average Bonchev–Trinajstić information content (AvgIpc) is 3.15. The third-order valence-corrected chi connectivity index (χ3v) is 4.07. The van der Waals surface area contributed by atoms with Crippen molar-refractivity contribution < 1.29 is 0 Å². The number of amidine groups is 1. The zero-order chi connectivity index (χ0) is 14.9. The zero-order valence-electron chi connectivity index (χ0n) is 12.5. The van der Waals surface area contributed by atoms with Crippen molar-refractivity contribution in [3.63, 3.8) is 0 Å². The van der Waals surface area contributed by atoms with E-state index in [-0.39, 0.29) is 0 Å². The molecule has 1 aromatic heterocycles. The first-order valence-corrected chi connectivity index (χ1v) is 7.63. The molecule has 0 fully saturated rings. The summed E-state index contributed by atoms with van der Waals surface area (Å²) in [5, 5.41) is 5.99. The van der Waals surface area contributed by atoms with Gasteiger partial charge in [0.2, 0.25) is 0 Å². The van der Waals surface area contributed by atoms with Gasteiger partial charge < -0.3 is 10.3 Å². The second-order valence-corrected chi connectivity index (χ2v) is 5.87. The van der Waals surface area contributed by atoms with Gasteiger partial charge in [0.15, 0.2) is 0 Å². The molecule has 1 aliphatic heterocycles. The van der Waals surface area contributed by atoms with Crippen LogP contribution in [0.5, 0.6) is 0 Å². The summed E-state index contributed by atoms with van der Waals surface area (Å²) in [5.74, 6) is 2.46. The highest BCUT2D eigenvalue weighted by molar-refractivity contribution is 6.25. The Hall–Kier alpha value is -2.62. The van der Waals surface area contributed by atoms with Crippen LogP contribution in [-0.4, -0.2) is 22.3 Å². The topological polar surface area (TPSA) is 53.1 Å². The van der Waals surface area contributed by atoms with Gasteiger partial charge in [-0.3, -0.25) is 4.99 Å². The molecule has 2 N–H and O–H groups in total. The van der Waals surface area contributed by atoms with Gasteiger partial charge in [-0.2, -0.15) is 0 Å². The van der Waals surface area contributed by atoms with Crippen LogP contribution in [0.4, 0.5) is 5.69 Å². The molecule has 2 heterocycles. The van der Waals surface area contributed by atoms with E-state index in [0.29, 0.717) is 5.92 Å².